The number of anilines is 1. The van der Waals surface area contributed by atoms with Crippen LogP contribution in [0.25, 0.3) is 0 Å². The first kappa shape index (κ1) is 14.6. The van der Waals surface area contributed by atoms with Gasteiger partial charge in [-0.1, -0.05) is 30.0 Å². The maximum Gasteiger partial charge on any atom is 0.240 e. The largest absolute Gasteiger partial charge is 0.308 e. The zero-order chi connectivity index (χ0) is 15.0. The van der Waals surface area contributed by atoms with Gasteiger partial charge in [0.15, 0.2) is 4.34 Å². The summed E-state index contributed by atoms with van der Waals surface area (Å²) in [6.45, 7) is 6.06. The number of rotatable bonds is 3. The predicted molar refractivity (Wildman–Crippen MR) is 89.3 cm³/mol. The molecule has 1 aliphatic rings. The van der Waals surface area contributed by atoms with Crippen molar-refractivity contribution in [1.29, 1.82) is 0 Å². The Morgan fingerprint density at radius 1 is 1.48 bits per heavy atom. The molecule has 1 aliphatic heterocycles. The lowest BCUT2D eigenvalue weighted by Gasteiger charge is -2.25. The number of amides is 1. The predicted octanol–water partition coefficient (Wildman–Crippen LogP) is 3.91. The van der Waals surface area contributed by atoms with Gasteiger partial charge in [0.05, 0.1) is 5.25 Å². The van der Waals surface area contributed by atoms with Crippen molar-refractivity contribution in [1.82, 2.24) is 4.98 Å². The van der Waals surface area contributed by atoms with Crippen LogP contribution in [0.2, 0.25) is 0 Å². The van der Waals surface area contributed by atoms with E-state index in [2.05, 4.69) is 18.0 Å². The third-order valence-electron chi connectivity index (χ3n) is 3.67. The van der Waals surface area contributed by atoms with Crippen LogP contribution in [-0.2, 0) is 11.2 Å². The normalized spacial score (nSPS) is 18.6. The molecule has 3 nitrogen and oxygen atoms in total. The second-order valence-electron chi connectivity index (χ2n) is 5.40. The Kier molecular flexibility index (Phi) is 4.04. The van der Waals surface area contributed by atoms with Crippen LogP contribution in [0.4, 0.5) is 5.69 Å². The van der Waals surface area contributed by atoms with Gasteiger partial charge in [0.1, 0.15) is 0 Å². The number of para-hydroxylation sites is 1. The lowest BCUT2D eigenvalue weighted by atomic mass is 10.1. The van der Waals surface area contributed by atoms with Gasteiger partial charge in [0, 0.05) is 22.8 Å². The molecule has 1 amide bonds. The first-order valence-corrected chi connectivity index (χ1v) is 8.82. The Bertz CT molecular complexity index is 668. The van der Waals surface area contributed by atoms with Crippen molar-refractivity contribution in [2.45, 2.75) is 42.8 Å². The zero-order valence-electron chi connectivity index (χ0n) is 12.4. The number of benzene rings is 1. The fourth-order valence-electron chi connectivity index (χ4n) is 2.69. The van der Waals surface area contributed by atoms with E-state index in [1.54, 1.807) is 23.1 Å². The monoisotopic (exact) mass is 318 g/mol. The molecule has 0 spiro atoms. The van der Waals surface area contributed by atoms with Crippen molar-refractivity contribution in [3.8, 4) is 0 Å². The van der Waals surface area contributed by atoms with Gasteiger partial charge in [-0.2, -0.15) is 0 Å². The summed E-state index contributed by atoms with van der Waals surface area (Å²) in [6, 6.07) is 8.42. The van der Waals surface area contributed by atoms with Gasteiger partial charge in [0.25, 0.3) is 0 Å². The Labute approximate surface area is 133 Å². The topological polar surface area (TPSA) is 33.2 Å². The molecule has 0 unspecified atom stereocenters. The molecule has 0 saturated heterocycles. The molecule has 21 heavy (non-hydrogen) atoms. The average molecular weight is 318 g/mol. The van der Waals surface area contributed by atoms with Gasteiger partial charge in [-0.25, -0.2) is 4.98 Å². The smallest absolute Gasteiger partial charge is 0.240 e. The molecule has 0 saturated carbocycles. The van der Waals surface area contributed by atoms with Crippen LogP contribution >= 0.6 is 23.1 Å². The van der Waals surface area contributed by atoms with Crippen LogP contribution in [0, 0.1) is 6.92 Å². The SMILES string of the molecule is Cc1csc(S[C@@H](C)C(=O)N2c3ccccc3C[C@@H]2C)n1. The average Bonchev–Trinajstić information content (AvgIpc) is 3.00. The molecule has 1 aromatic carbocycles. The zero-order valence-corrected chi connectivity index (χ0v) is 14.0. The van der Waals surface area contributed by atoms with Crippen LogP contribution in [0.3, 0.4) is 0 Å². The molecule has 3 rings (SSSR count). The van der Waals surface area contributed by atoms with Gasteiger partial charge in [-0.3, -0.25) is 4.79 Å². The lowest BCUT2D eigenvalue weighted by Crippen LogP contribution is -2.40. The highest BCUT2D eigenvalue weighted by Gasteiger charge is 2.33. The summed E-state index contributed by atoms with van der Waals surface area (Å²) < 4.78 is 0.966. The molecule has 0 radical (unpaired) electrons. The Morgan fingerprint density at radius 2 is 2.24 bits per heavy atom. The van der Waals surface area contributed by atoms with Crippen LogP contribution in [0.5, 0.6) is 0 Å². The summed E-state index contributed by atoms with van der Waals surface area (Å²) in [5.41, 5.74) is 3.35. The number of thiazole rings is 1. The Balaban J connectivity index is 1.78. The molecule has 2 aromatic rings. The summed E-state index contributed by atoms with van der Waals surface area (Å²) >= 11 is 3.16. The van der Waals surface area contributed by atoms with E-state index < -0.39 is 0 Å². The van der Waals surface area contributed by atoms with E-state index >= 15 is 0 Å². The second-order valence-corrected chi connectivity index (χ2v) is 7.85. The minimum atomic E-state index is -0.121. The number of hydrogen-bond acceptors (Lipinski definition) is 4. The standard InChI is InChI=1S/C16H18N2OS2/c1-10-9-20-16(17-10)21-12(3)15(19)18-11(2)8-13-6-4-5-7-14(13)18/h4-7,9,11-12H,8H2,1-3H3/t11-,12-/m0/s1. The number of thioether (sulfide) groups is 1. The van der Waals surface area contributed by atoms with E-state index in [0.717, 1.165) is 22.1 Å². The molecular weight excluding hydrogens is 300 g/mol. The van der Waals surface area contributed by atoms with E-state index in [9.17, 15) is 4.79 Å². The van der Waals surface area contributed by atoms with Crippen molar-refractivity contribution in [3.63, 3.8) is 0 Å². The molecule has 0 fully saturated rings. The van der Waals surface area contributed by atoms with Gasteiger partial charge in [-0.15, -0.1) is 11.3 Å². The number of carbonyl (C=O) groups is 1. The van der Waals surface area contributed by atoms with E-state index in [0.29, 0.717) is 0 Å². The molecule has 0 bridgehead atoms. The number of aromatic nitrogens is 1. The van der Waals surface area contributed by atoms with Crippen molar-refractivity contribution in [3.05, 3.63) is 40.9 Å². The molecular formula is C16H18N2OS2. The molecule has 0 aliphatic carbocycles. The van der Waals surface area contributed by atoms with Gasteiger partial charge in [-0.05, 0) is 38.8 Å². The first-order valence-electron chi connectivity index (χ1n) is 7.06. The first-order chi connectivity index (χ1) is 10.1. The number of nitrogens with zero attached hydrogens (tertiary/aromatic N) is 2. The number of aryl methyl sites for hydroxylation is 1. The van der Waals surface area contributed by atoms with Crippen LogP contribution in [0.1, 0.15) is 25.1 Å². The van der Waals surface area contributed by atoms with Crippen molar-refractivity contribution < 1.29 is 4.79 Å². The van der Waals surface area contributed by atoms with Gasteiger partial charge >= 0.3 is 0 Å². The van der Waals surface area contributed by atoms with Crippen LogP contribution < -0.4 is 4.90 Å². The highest BCUT2D eigenvalue weighted by molar-refractivity contribution is 8.02. The fourth-order valence-corrected chi connectivity index (χ4v) is 4.72. The Morgan fingerprint density at radius 3 is 2.95 bits per heavy atom. The summed E-state index contributed by atoms with van der Waals surface area (Å²) in [6.07, 6.45) is 0.940. The summed E-state index contributed by atoms with van der Waals surface area (Å²) in [7, 11) is 0. The summed E-state index contributed by atoms with van der Waals surface area (Å²) in [5, 5.41) is 1.90. The summed E-state index contributed by atoms with van der Waals surface area (Å²) in [4.78, 5) is 19.2. The van der Waals surface area contributed by atoms with Crippen molar-refractivity contribution >= 4 is 34.7 Å². The van der Waals surface area contributed by atoms with Gasteiger partial charge < -0.3 is 4.90 Å². The molecule has 1 aromatic heterocycles. The van der Waals surface area contributed by atoms with E-state index in [4.69, 9.17) is 0 Å². The number of fused-ring (bicyclic) bond motifs is 1. The van der Waals surface area contributed by atoms with E-state index in [-0.39, 0.29) is 17.2 Å². The maximum absolute atomic E-state index is 12.8. The third-order valence-corrected chi connectivity index (χ3v) is 5.85. The molecule has 2 atom stereocenters. The molecule has 110 valence electrons. The molecule has 5 heteroatoms. The second kappa shape index (κ2) is 5.81. The van der Waals surface area contributed by atoms with Crippen molar-refractivity contribution in [2.24, 2.45) is 0 Å². The number of carbonyl (C=O) groups excluding carboxylic acids is 1. The minimum Gasteiger partial charge on any atom is -0.308 e. The van der Waals surface area contributed by atoms with Crippen molar-refractivity contribution in [2.75, 3.05) is 4.90 Å². The van der Waals surface area contributed by atoms with E-state index in [1.807, 2.05) is 42.3 Å². The van der Waals surface area contributed by atoms with Gasteiger partial charge in [0.2, 0.25) is 5.91 Å². The fraction of sp³-hybridized carbons (Fsp3) is 0.375. The quantitative estimate of drug-likeness (QED) is 0.805. The third kappa shape index (κ3) is 2.85. The Hall–Kier alpha value is -1.33. The van der Waals surface area contributed by atoms with Crippen LogP contribution in [-0.4, -0.2) is 22.2 Å². The lowest BCUT2D eigenvalue weighted by molar-refractivity contribution is -0.118. The highest BCUT2D eigenvalue weighted by Crippen LogP contribution is 2.35. The number of hydrogen-bond donors (Lipinski definition) is 0. The molecule has 2 heterocycles. The minimum absolute atomic E-state index is 0.121. The summed E-state index contributed by atoms with van der Waals surface area (Å²) in [5.74, 6) is 0.172. The maximum atomic E-state index is 12.8. The molecule has 0 N–H and O–H groups in total. The van der Waals surface area contributed by atoms with E-state index in [1.165, 1.54) is 5.56 Å². The highest BCUT2D eigenvalue weighted by atomic mass is 32.2. The van der Waals surface area contributed by atoms with Crippen LogP contribution in [0.15, 0.2) is 34.0 Å².